The number of aliphatic hydroxyl groups excluding tert-OH is 2. The van der Waals surface area contributed by atoms with Crippen LogP contribution in [-0.2, 0) is 9.53 Å². The van der Waals surface area contributed by atoms with Crippen LogP contribution in [0.5, 0.6) is 0 Å². The zero-order chi connectivity index (χ0) is 24.0. The molecule has 0 bridgehead atoms. The standard InChI is InChI=1S/C29H48O4/c1-18(17-33-20(3)30)7-6-8-19(2)24-13-14-25-23-12-10-21-9-11-22(31)15-28(21,4)27(23)26(32)16-29(24,25)5/h18-19,21-22,24-26,31-32H,6-17H2,1-5H3/t18?,19-,21?,22+,24-,25+,26+,28+,29-/m1/s1. The first-order valence-corrected chi connectivity index (χ1v) is 13.8. The molecule has 188 valence electrons. The number of carbonyl (C=O) groups excluding carboxylic acids is 1. The summed E-state index contributed by atoms with van der Waals surface area (Å²) in [6.45, 7) is 11.4. The first-order chi connectivity index (χ1) is 15.6. The molecule has 0 aromatic rings. The van der Waals surface area contributed by atoms with Crippen molar-refractivity contribution in [3.05, 3.63) is 11.1 Å². The molecular weight excluding hydrogens is 412 g/mol. The number of aliphatic hydroxyl groups is 2. The van der Waals surface area contributed by atoms with Gasteiger partial charge < -0.3 is 14.9 Å². The molecule has 4 aliphatic rings. The Hall–Kier alpha value is -0.870. The van der Waals surface area contributed by atoms with Crippen molar-refractivity contribution in [2.45, 2.75) is 117 Å². The highest BCUT2D eigenvalue weighted by Crippen LogP contribution is 2.66. The van der Waals surface area contributed by atoms with Gasteiger partial charge in [-0.2, -0.15) is 0 Å². The Labute approximate surface area is 201 Å². The van der Waals surface area contributed by atoms with Gasteiger partial charge >= 0.3 is 5.97 Å². The molecule has 0 aromatic carbocycles. The van der Waals surface area contributed by atoms with Crippen molar-refractivity contribution >= 4 is 5.97 Å². The summed E-state index contributed by atoms with van der Waals surface area (Å²) < 4.78 is 5.17. The molecule has 2 fully saturated rings. The summed E-state index contributed by atoms with van der Waals surface area (Å²) in [4.78, 5) is 11.1. The van der Waals surface area contributed by atoms with Gasteiger partial charge in [0.2, 0.25) is 0 Å². The normalized spacial score (nSPS) is 42.2. The average Bonchev–Trinajstić information content (AvgIpc) is 3.07. The lowest BCUT2D eigenvalue weighted by molar-refractivity contribution is -0.142. The van der Waals surface area contributed by atoms with Crippen LogP contribution >= 0.6 is 0 Å². The third kappa shape index (κ3) is 4.68. The smallest absolute Gasteiger partial charge is 0.302 e. The van der Waals surface area contributed by atoms with Gasteiger partial charge in [0.25, 0.3) is 0 Å². The van der Waals surface area contributed by atoms with Crippen LogP contribution in [0.3, 0.4) is 0 Å². The van der Waals surface area contributed by atoms with Crippen molar-refractivity contribution < 1.29 is 19.7 Å². The van der Waals surface area contributed by atoms with Gasteiger partial charge in [-0.1, -0.05) is 46.1 Å². The number of esters is 1. The summed E-state index contributed by atoms with van der Waals surface area (Å²) >= 11 is 0. The molecule has 0 amide bonds. The number of fused-ring (bicyclic) bond motifs is 4. The van der Waals surface area contributed by atoms with Gasteiger partial charge in [0.1, 0.15) is 0 Å². The maximum Gasteiger partial charge on any atom is 0.302 e. The van der Waals surface area contributed by atoms with E-state index in [-0.39, 0.29) is 29.0 Å². The second-order valence-electron chi connectivity index (χ2n) is 12.8. The number of allylic oxidation sites excluding steroid dienone is 1. The van der Waals surface area contributed by atoms with Crippen molar-refractivity contribution in [3.63, 3.8) is 0 Å². The minimum absolute atomic E-state index is 0.00617. The molecule has 4 nitrogen and oxygen atoms in total. The molecular formula is C29H48O4. The van der Waals surface area contributed by atoms with Crippen molar-refractivity contribution in [3.8, 4) is 0 Å². The predicted molar refractivity (Wildman–Crippen MR) is 131 cm³/mol. The van der Waals surface area contributed by atoms with E-state index < -0.39 is 0 Å². The predicted octanol–water partition coefficient (Wildman–Crippen LogP) is 6.05. The average molecular weight is 461 g/mol. The largest absolute Gasteiger partial charge is 0.466 e. The molecule has 0 aromatic heterocycles. The Morgan fingerprint density at radius 3 is 2.55 bits per heavy atom. The molecule has 2 N–H and O–H groups in total. The summed E-state index contributed by atoms with van der Waals surface area (Å²) in [5.74, 6) is 2.79. The van der Waals surface area contributed by atoms with Crippen LogP contribution in [0.2, 0.25) is 0 Å². The van der Waals surface area contributed by atoms with E-state index in [2.05, 4.69) is 27.7 Å². The Morgan fingerprint density at radius 1 is 1.06 bits per heavy atom. The van der Waals surface area contributed by atoms with Crippen LogP contribution in [0.4, 0.5) is 0 Å². The van der Waals surface area contributed by atoms with E-state index in [0.29, 0.717) is 36.2 Å². The topological polar surface area (TPSA) is 66.8 Å². The van der Waals surface area contributed by atoms with Crippen LogP contribution in [0.1, 0.15) is 105 Å². The van der Waals surface area contributed by atoms with Gasteiger partial charge in [-0.25, -0.2) is 0 Å². The molecule has 9 atom stereocenters. The van der Waals surface area contributed by atoms with E-state index in [4.69, 9.17) is 4.74 Å². The number of hydrogen-bond acceptors (Lipinski definition) is 4. The summed E-state index contributed by atoms with van der Waals surface area (Å²) in [5.41, 5.74) is 3.13. The fourth-order valence-electron chi connectivity index (χ4n) is 8.97. The molecule has 0 radical (unpaired) electrons. The van der Waals surface area contributed by atoms with Crippen LogP contribution in [0, 0.1) is 40.4 Å². The molecule has 0 heterocycles. The summed E-state index contributed by atoms with van der Waals surface area (Å²) in [5, 5.41) is 22.1. The molecule has 2 saturated carbocycles. The number of ether oxygens (including phenoxy) is 1. The summed E-state index contributed by atoms with van der Waals surface area (Å²) in [6, 6.07) is 0. The monoisotopic (exact) mass is 460 g/mol. The molecule has 4 aliphatic carbocycles. The van der Waals surface area contributed by atoms with Crippen LogP contribution in [-0.4, -0.2) is 35.0 Å². The van der Waals surface area contributed by atoms with Gasteiger partial charge in [-0.05, 0) is 104 Å². The van der Waals surface area contributed by atoms with Gasteiger partial charge in [0, 0.05) is 6.92 Å². The lowest BCUT2D eigenvalue weighted by Gasteiger charge is -2.56. The second-order valence-corrected chi connectivity index (χ2v) is 12.8. The van der Waals surface area contributed by atoms with Crippen molar-refractivity contribution in [2.75, 3.05) is 6.61 Å². The zero-order valence-corrected chi connectivity index (χ0v) is 21.7. The molecule has 4 heteroatoms. The third-order valence-electron chi connectivity index (χ3n) is 10.5. The third-order valence-corrected chi connectivity index (χ3v) is 10.5. The molecule has 0 spiro atoms. The van der Waals surface area contributed by atoms with Crippen molar-refractivity contribution in [2.24, 2.45) is 40.4 Å². The van der Waals surface area contributed by atoms with Gasteiger partial charge in [-0.3, -0.25) is 4.79 Å². The molecule has 0 aliphatic heterocycles. The highest BCUT2D eigenvalue weighted by Gasteiger charge is 2.58. The minimum atomic E-state index is -0.337. The number of carbonyl (C=O) groups is 1. The number of hydrogen-bond donors (Lipinski definition) is 2. The Bertz CT molecular complexity index is 759. The Morgan fingerprint density at radius 2 is 1.82 bits per heavy atom. The van der Waals surface area contributed by atoms with Gasteiger partial charge in [0.15, 0.2) is 0 Å². The molecule has 2 unspecified atom stereocenters. The Balaban J connectivity index is 1.45. The quantitative estimate of drug-likeness (QED) is 0.359. The van der Waals surface area contributed by atoms with E-state index in [1.54, 1.807) is 5.57 Å². The fourth-order valence-corrected chi connectivity index (χ4v) is 8.97. The highest BCUT2D eigenvalue weighted by molar-refractivity contribution is 5.65. The van der Waals surface area contributed by atoms with Crippen LogP contribution in [0.15, 0.2) is 11.1 Å². The SMILES string of the molecule is CC(=O)OCC(C)CCC[C@@H](C)[C@H]1CC[C@H]2C3=C([C@@H](O)C[C@]12C)[C@@]1(C)C[C@@H](O)CCC1CC3. The van der Waals surface area contributed by atoms with E-state index in [0.717, 1.165) is 38.5 Å². The van der Waals surface area contributed by atoms with E-state index in [1.165, 1.54) is 44.6 Å². The van der Waals surface area contributed by atoms with E-state index in [9.17, 15) is 15.0 Å². The maximum absolute atomic E-state index is 11.6. The second kappa shape index (κ2) is 9.64. The fraction of sp³-hybridized carbons (Fsp3) is 0.897. The Kier molecular flexibility index (Phi) is 7.37. The van der Waals surface area contributed by atoms with Crippen LogP contribution in [0.25, 0.3) is 0 Å². The first-order valence-electron chi connectivity index (χ1n) is 13.8. The zero-order valence-electron chi connectivity index (χ0n) is 21.7. The van der Waals surface area contributed by atoms with Crippen LogP contribution < -0.4 is 0 Å². The molecule has 33 heavy (non-hydrogen) atoms. The van der Waals surface area contributed by atoms with E-state index in [1.807, 2.05) is 0 Å². The maximum atomic E-state index is 11.6. The molecule has 0 saturated heterocycles. The summed E-state index contributed by atoms with van der Waals surface area (Å²) in [6.07, 6.45) is 11.7. The van der Waals surface area contributed by atoms with Crippen molar-refractivity contribution in [1.29, 1.82) is 0 Å². The lowest BCUT2D eigenvalue weighted by Crippen LogP contribution is -2.50. The molecule has 4 rings (SSSR count). The highest BCUT2D eigenvalue weighted by atomic mass is 16.5. The van der Waals surface area contributed by atoms with Crippen molar-refractivity contribution in [1.82, 2.24) is 0 Å². The lowest BCUT2D eigenvalue weighted by atomic mass is 9.49. The van der Waals surface area contributed by atoms with Gasteiger partial charge in [-0.15, -0.1) is 0 Å². The first kappa shape index (κ1) is 25.2. The minimum Gasteiger partial charge on any atom is -0.466 e. The number of rotatable bonds is 7. The summed E-state index contributed by atoms with van der Waals surface area (Å²) in [7, 11) is 0. The van der Waals surface area contributed by atoms with Gasteiger partial charge in [0.05, 0.1) is 18.8 Å². The van der Waals surface area contributed by atoms with E-state index >= 15 is 0 Å².